The van der Waals surface area contributed by atoms with Crippen LogP contribution in [0.5, 0.6) is 0 Å². The molecule has 0 amide bonds. The van der Waals surface area contributed by atoms with E-state index in [-0.39, 0.29) is 0 Å². The number of anilines is 2. The van der Waals surface area contributed by atoms with Crippen LogP contribution in [0.4, 0.5) is 10.8 Å². The molecule has 0 bridgehead atoms. The van der Waals surface area contributed by atoms with Crippen molar-refractivity contribution in [1.82, 2.24) is 4.98 Å². The van der Waals surface area contributed by atoms with E-state index in [1.54, 1.807) is 11.3 Å². The Bertz CT molecular complexity index is 809. The van der Waals surface area contributed by atoms with Gasteiger partial charge in [-0.2, -0.15) is 0 Å². The van der Waals surface area contributed by atoms with Crippen molar-refractivity contribution in [2.75, 3.05) is 5.32 Å². The van der Waals surface area contributed by atoms with Crippen molar-refractivity contribution in [2.45, 2.75) is 31.4 Å². The number of thiazole rings is 1. The Kier molecular flexibility index (Phi) is 5.03. The van der Waals surface area contributed by atoms with Gasteiger partial charge in [-0.25, -0.2) is 4.98 Å². The van der Waals surface area contributed by atoms with Crippen LogP contribution in [0.15, 0.2) is 52.7 Å². The number of benzene rings is 2. The summed E-state index contributed by atoms with van der Waals surface area (Å²) in [5.41, 5.74) is 6.15. The van der Waals surface area contributed by atoms with E-state index in [2.05, 4.69) is 66.8 Å². The highest BCUT2D eigenvalue weighted by Crippen LogP contribution is 2.28. The van der Waals surface area contributed by atoms with E-state index >= 15 is 0 Å². The first-order chi connectivity index (χ1) is 11.1. The molecular weight excluding hydrogens is 320 g/mol. The van der Waals surface area contributed by atoms with E-state index in [9.17, 15) is 0 Å². The third-order valence-electron chi connectivity index (χ3n) is 3.80. The molecule has 0 aliphatic rings. The lowest BCUT2D eigenvalue weighted by Crippen LogP contribution is -1.92. The lowest BCUT2D eigenvalue weighted by atomic mass is 10.1. The maximum atomic E-state index is 4.69. The van der Waals surface area contributed by atoms with Crippen molar-refractivity contribution < 1.29 is 0 Å². The van der Waals surface area contributed by atoms with Gasteiger partial charge in [0.15, 0.2) is 5.13 Å². The third-order valence-corrected chi connectivity index (χ3v) is 5.64. The quantitative estimate of drug-likeness (QED) is 0.568. The Morgan fingerprint density at radius 1 is 1.00 bits per heavy atom. The average Bonchev–Trinajstić information content (AvgIpc) is 2.98. The Morgan fingerprint density at radius 3 is 2.61 bits per heavy atom. The lowest BCUT2D eigenvalue weighted by Gasteiger charge is -2.05. The summed E-state index contributed by atoms with van der Waals surface area (Å²) in [7, 11) is 0. The molecule has 3 aromatic rings. The molecule has 0 saturated carbocycles. The summed E-state index contributed by atoms with van der Waals surface area (Å²) in [5, 5.41) is 6.49. The Balaban J connectivity index is 1.63. The van der Waals surface area contributed by atoms with Crippen molar-refractivity contribution in [3.8, 4) is 0 Å². The second-order valence-corrected chi connectivity index (χ2v) is 7.53. The highest BCUT2D eigenvalue weighted by molar-refractivity contribution is 7.98. The van der Waals surface area contributed by atoms with Crippen molar-refractivity contribution >= 4 is 33.9 Å². The van der Waals surface area contributed by atoms with Crippen LogP contribution in [-0.2, 0) is 5.75 Å². The van der Waals surface area contributed by atoms with Gasteiger partial charge in [-0.15, -0.1) is 23.1 Å². The summed E-state index contributed by atoms with van der Waals surface area (Å²) in [6, 6.07) is 14.9. The molecule has 2 aromatic carbocycles. The monoisotopic (exact) mass is 340 g/mol. The van der Waals surface area contributed by atoms with Gasteiger partial charge in [-0.3, -0.25) is 0 Å². The number of nitrogens with one attached hydrogen (secondary N) is 1. The van der Waals surface area contributed by atoms with E-state index in [1.165, 1.54) is 21.6 Å². The molecule has 0 saturated heterocycles. The number of para-hydroxylation sites is 1. The number of aromatic nitrogens is 1. The SMILES string of the molecule is Cc1ccc(SCc2csc(Nc3ccccc3C)n2)cc1C. The van der Waals surface area contributed by atoms with Crippen LogP contribution in [0.1, 0.15) is 22.4 Å². The summed E-state index contributed by atoms with van der Waals surface area (Å²) in [4.78, 5) is 5.99. The van der Waals surface area contributed by atoms with Crippen molar-refractivity contribution in [3.63, 3.8) is 0 Å². The van der Waals surface area contributed by atoms with Gasteiger partial charge in [0.25, 0.3) is 0 Å². The summed E-state index contributed by atoms with van der Waals surface area (Å²) in [6.07, 6.45) is 0. The molecule has 0 aliphatic heterocycles. The first-order valence-corrected chi connectivity index (χ1v) is 9.45. The van der Waals surface area contributed by atoms with Crippen molar-refractivity contribution in [1.29, 1.82) is 0 Å². The highest BCUT2D eigenvalue weighted by Gasteiger charge is 2.05. The standard InChI is InChI=1S/C19H20N2S2/c1-13-8-9-17(10-15(13)3)22-11-16-12-23-19(20-16)21-18-7-5-4-6-14(18)2/h4-10,12H,11H2,1-3H3,(H,20,21). The lowest BCUT2D eigenvalue weighted by molar-refractivity contribution is 1.22. The zero-order valence-electron chi connectivity index (χ0n) is 13.6. The maximum absolute atomic E-state index is 4.69. The molecule has 0 fully saturated rings. The minimum absolute atomic E-state index is 0.897. The van der Waals surface area contributed by atoms with Crippen LogP contribution < -0.4 is 5.32 Å². The van der Waals surface area contributed by atoms with Crippen LogP contribution >= 0.6 is 23.1 Å². The van der Waals surface area contributed by atoms with Gasteiger partial charge >= 0.3 is 0 Å². The Morgan fingerprint density at radius 2 is 1.83 bits per heavy atom. The fraction of sp³-hybridized carbons (Fsp3) is 0.211. The van der Waals surface area contributed by atoms with Crippen molar-refractivity contribution in [2.24, 2.45) is 0 Å². The zero-order chi connectivity index (χ0) is 16.2. The molecule has 0 spiro atoms. The van der Waals surface area contributed by atoms with Gasteiger partial charge in [-0.05, 0) is 55.7 Å². The molecule has 0 aliphatic carbocycles. The fourth-order valence-electron chi connectivity index (χ4n) is 2.22. The average molecular weight is 341 g/mol. The molecule has 1 aromatic heterocycles. The smallest absolute Gasteiger partial charge is 0.187 e. The molecule has 118 valence electrons. The van der Waals surface area contributed by atoms with E-state index in [4.69, 9.17) is 0 Å². The Labute approximate surface area is 146 Å². The number of hydrogen-bond donors (Lipinski definition) is 1. The van der Waals surface area contributed by atoms with Gasteiger partial charge in [0.05, 0.1) is 5.69 Å². The number of nitrogens with zero attached hydrogens (tertiary/aromatic N) is 1. The minimum atomic E-state index is 0.897. The Hall–Kier alpha value is -1.78. The maximum Gasteiger partial charge on any atom is 0.187 e. The molecule has 4 heteroatoms. The first-order valence-electron chi connectivity index (χ1n) is 7.59. The summed E-state index contributed by atoms with van der Waals surface area (Å²) >= 11 is 3.49. The summed E-state index contributed by atoms with van der Waals surface area (Å²) < 4.78 is 0. The fourth-order valence-corrected chi connectivity index (χ4v) is 3.93. The van der Waals surface area contributed by atoms with E-state index in [0.717, 1.165) is 22.3 Å². The van der Waals surface area contributed by atoms with Gasteiger partial charge in [-0.1, -0.05) is 24.3 Å². The molecular formula is C19H20N2S2. The third kappa shape index (κ3) is 4.15. The van der Waals surface area contributed by atoms with Crippen molar-refractivity contribution in [3.05, 3.63) is 70.2 Å². The molecule has 1 N–H and O–H groups in total. The van der Waals surface area contributed by atoms with Gasteiger partial charge < -0.3 is 5.32 Å². The zero-order valence-corrected chi connectivity index (χ0v) is 15.2. The molecule has 0 radical (unpaired) electrons. The second kappa shape index (κ2) is 7.20. The normalized spacial score (nSPS) is 10.7. The van der Waals surface area contributed by atoms with E-state index < -0.39 is 0 Å². The van der Waals surface area contributed by atoms with Gasteiger partial charge in [0.1, 0.15) is 0 Å². The summed E-state index contributed by atoms with van der Waals surface area (Å²) in [6.45, 7) is 6.41. The van der Waals surface area contributed by atoms with Crippen LogP contribution in [0, 0.1) is 20.8 Å². The number of thioether (sulfide) groups is 1. The second-order valence-electron chi connectivity index (χ2n) is 5.62. The number of hydrogen-bond acceptors (Lipinski definition) is 4. The molecule has 1 heterocycles. The van der Waals surface area contributed by atoms with Gasteiger partial charge in [0.2, 0.25) is 0 Å². The molecule has 23 heavy (non-hydrogen) atoms. The molecule has 3 rings (SSSR count). The topological polar surface area (TPSA) is 24.9 Å². The van der Waals surface area contributed by atoms with Gasteiger partial charge in [0, 0.05) is 21.7 Å². The molecule has 0 unspecified atom stereocenters. The van der Waals surface area contributed by atoms with E-state index in [1.807, 2.05) is 23.9 Å². The largest absolute Gasteiger partial charge is 0.331 e. The number of rotatable bonds is 5. The summed E-state index contributed by atoms with van der Waals surface area (Å²) in [5.74, 6) is 0.897. The predicted octanol–water partition coefficient (Wildman–Crippen LogP) is 6.10. The minimum Gasteiger partial charge on any atom is -0.331 e. The molecule has 0 atom stereocenters. The van der Waals surface area contributed by atoms with Crippen LogP contribution in [0.25, 0.3) is 0 Å². The number of aryl methyl sites for hydroxylation is 3. The van der Waals surface area contributed by atoms with E-state index in [0.29, 0.717) is 0 Å². The first kappa shape index (κ1) is 16.1. The van der Waals surface area contributed by atoms with Crippen LogP contribution in [0.2, 0.25) is 0 Å². The predicted molar refractivity (Wildman–Crippen MR) is 102 cm³/mol. The van der Waals surface area contributed by atoms with Crippen LogP contribution in [-0.4, -0.2) is 4.98 Å². The molecule has 2 nitrogen and oxygen atoms in total. The highest BCUT2D eigenvalue weighted by atomic mass is 32.2. The van der Waals surface area contributed by atoms with Crippen LogP contribution in [0.3, 0.4) is 0 Å².